The Morgan fingerprint density at radius 1 is 0.840 bits per heavy atom. The van der Waals surface area contributed by atoms with Gasteiger partial charge in [0.25, 0.3) is 0 Å². The second-order valence-corrected chi connectivity index (χ2v) is 5.73. The summed E-state index contributed by atoms with van der Waals surface area (Å²) in [7, 11) is 0. The molecule has 0 amide bonds. The topological polar surface area (TPSA) is 126 Å². The maximum atomic E-state index is 10.2. The van der Waals surface area contributed by atoms with E-state index in [1.807, 2.05) is 0 Å². The van der Waals surface area contributed by atoms with Crippen LogP contribution in [0.5, 0.6) is 28.7 Å². The Hall–Kier alpha value is -3.61. The van der Waals surface area contributed by atoms with Crippen LogP contribution in [0, 0.1) is 6.92 Å². The van der Waals surface area contributed by atoms with E-state index in [-0.39, 0.29) is 34.0 Å². The summed E-state index contributed by atoms with van der Waals surface area (Å²) in [6, 6.07) is 6.64. The predicted octanol–water partition coefficient (Wildman–Crippen LogP) is 3.96. The van der Waals surface area contributed by atoms with E-state index in [1.54, 1.807) is 13.0 Å². The van der Waals surface area contributed by atoms with Crippen molar-refractivity contribution in [3.8, 4) is 40.1 Å². The Bertz CT molecular complexity index is 1130. The first kappa shape index (κ1) is 14.9. The molecule has 4 rings (SSSR count). The molecule has 0 bridgehead atoms. The van der Waals surface area contributed by atoms with E-state index in [4.69, 9.17) is 8.83 Å². The zero-order valence-electron chi connectivity index (χ0n) is 12.9. The fourth-order valence-electron chi connectivity index (χ4n) is 2.89. The van der Waals surface area contributed by atoms with Crippen molar-refractivity contribution in [2.75, 3.05) is 0 Å². The maximum Gasteiger partial charge on any atom is 0.403 e. The summed E-state index contributed by atoms with van der Waals surface area (Å²) in [5.74, 6) is -1.35. The van der Waals surface area contributed by atoms with Crippen LogP contribution in [0.2, 0.25) is 0 Å². The summed E-state index contributed by atoms with van der Waals surface area (Å²) in [5, 5.41) is 49.8. The molecule has 0 aliphatic heterocycles. The van der Waals surface area contributed by atoms with Crippen LogP contribution in [0.4, 0.5) is 0 Å². The van der Waals surface area contributed by atoms with Gasteiger partial charge in [-0.25, -0.2) is 4.42 Å². The SMILES string of the molecule is Cc1cc2c(o1)c(-c1cc(O)c(O)c(O)c1)[o+]c1cc(O)cc(O)c12. The highest BCUT2D eigenvalue weighted by molar-refractivity contribution is 6.10. The number of aryl methyl sites for hydroxylation is 1. The zero-order chi connectivity index (χ0) is 17.9. The zero-order valence-corrected chi connectivity index (χ0v) is 12.9. The van der Waals surface area contributed by atoms with E-state index in [9.17, 15) is 25.5 Å². The first-order valence-corrected chi connectivity index (χ1v) is 7.32. The number of hydrogen-bond acceptors (Lipinski definition) is 6. The second kappa shape index (κ2) is 4.94. The van der Waals surface area contributed by atoms with Gasteiger partial charge in [0.1, 0.15) is 22.6 Å². The van der Waals surface area contributed by atoms with Crippen LogP contribution in [-0.2, 0) is 0 Å². The molecule has 7 heteroatoms. The van der Waals surface area contributed by atoms with Gasteiger partial charge in [0, 0.05) is 18.2 Å². The van der Waals surface area contributed by atoms with Crippen molar-refractivity contribution < 1.29 is 34.4 Å². The van der Waals surface area contributed by atoms with E-state index >= 15 is 0 Å². The molecule has 0 saturated carbocycles. The molecule has 5 N–H and O–H groups in total. The van der Waals surface area contributed by atoms with Crippen molar-refractivity contribution in [1.29, 1.82) is 0 Å². The number of phenols is 5. The van der Waals surface area contributed by atoms with Crippen molar-refractivity contribution in [2.45, 2.75) is 6.92 Å². The van der Waals surface area contributed by atoms with Crippen molar-refractivity contribution >= 4 is 21.9 Å². The van der Waals surface area contributed by atoms with Crippen LogP contribution < -0.4 is 0 Å². The van der Waals surface area contributed by atoms with Crippen LogP contribution in [0.1, 0.15) is 5.76 Å². The first-order chi connectivity index (χ1) is 11.8. The molecule has 2 heterocycles. The highest BCUT2D eigenvalue weighted by Gasteiger charge is 2.29. The van der Waals surface area contributed by atoms with Crippen LogP contribution in [0.25, 0.3) is 33.3 Å². The van der Waals surface area contributed by atoms with Crippen LogP contribution in [0.15, 0.2) is 39.2 Å². The summed E-state index contributed by atoms with van der Waals surface area (Å²) in [4.78, 5) is 0. The number of fused-ring (bicyclic) bond motifs is 3. The van der Waals surface area contributed by atoms with E-state index < -0.39 is 17.2 Å². The molecule has 0 radical (unpaired) electrons. The first-order valence-electron chi connectivity index (χ1n) is 7.32. The smallest absolute Gasteiger partial charge is 0.403 e. The summed E-state index contributed by atoms with van der Waals surface area (Å²) in [6.07, 6.45) is 0. The van der Waals surface area contributed by atoms with Gasteiger partial charge in [-0.15, -0.1) is 0 Å². The second-order valence-electron chi connectivity index (χ2n) is 5.73. The summed E-state index contributed by atoms with van der Waals surface area (Å²) in [5.41, 5.74) is 0.722. The fourth-order valence-corrected chi connectivity index (χ4v) is 2.89. The minimum Gasteiger partial charge on any atom is -0.507 e. The normalized spacial score (nSPS) is 11.4. The molecule has 0 saturated heterocycles. The number of furan rings is 1. The number of aromatic hydroxyl groups is 5. The minimum absolute atomic E-state index is 0.159. The third-order valence-electron chi connectivity index (χ3n) is 3.94. The number of rotatable bonds is 1. The Balaban J connectivity index is 2.16. The highest BCUT2D eigenvalue weighted by atomic mass is 16.4. The van der Waals surface area contributed by atoms with Crippen LogP contribution in [0.3, 0.4) is 0 Å². The third-order valence-corrected chi connectivity index (χ3v) is 3.94. The molecule has 0 atom stereocenters. The van der Waals surface area contributed by atoms with Crippen molar-refractivity contribution in [2.24, 2.45) is 0 Å². The molecule has 25 heavy (non-hydrogen) atoms. The molecular formula is C18H13O7+. The molecule has 4 aromatic rings. The molecule has 2 aromatic carbocycles. The van der Waals surface area contributed by atoms with Crippen molar-refractivity contribution in [3.05, 3.63) is 36.1 Å². The van der Waals surface area contributed by atoms with Gasteiger partial charge in [-0.1, -0.05) is 0 Å². The predicted molar refractivity (Wildman–Crippen MR) is 88.9 cm³/mol. The van der Waals surface area contributed by atoms with Crippen molar-refractivity contribution in [1.82, 2.24) is 0 Å². The van der Waals surface area contributed by atoms with Gasteiger partial charge < -0.3 is 29.9 Å². The number of benzene rings is 2. The maximum absolute atomic E-state index is 10.2. The standard InChI is InChI=1S/C18H12O7/c1-7-2-10-15-11(20)5-9(19)6-14(15)25-17(18(10)24-7)8-3-12(21)16(23)13(22)4-8/h2-6H,1H3,(H4-,19,20,21,22,23)/p+1. The molecule has 0 fully saturated rings. The van der Waals surface area contributed by atoms with E-state index in [0.717, 1.165) is 0 Å². The molecule has 2 aromatic heterocycles. The molecule has 0 spiro atoms. The van der Waals surface area contributed by atoms with Gasteiger partial charge in [0.05, 0.1) is 17.0 Å². The largest absolute Gasteiger partial charge is 0.507 e. The summed E-state index contributed by atoms with van der Waals surface area (Å²) >= 11 is 0. The lowest BCUT2D eigenvalue weighted by Crippen LogP contribution is -1.84. The fraction of sp³-hybridized carbons (Fsp3) is 0.0556. The summed E-state index contributed by atoms with van der Waals surface area (Å²) in [6.45, 7) is 1.72. The monoisotopic (exact) mass is 341 g/mol. The third kappa shape index (κ3) is 2.17. The van der Waals surface area contributed by atoms with E-state index in [1.165, 1.54) is 24.3 Å². The van der Waals surface area contributed by atoms with Gasteiger partial charge in [-0.3, -0.25) is 0 Å². The highest BCUT2D eigenvalue weighted by Crippen LogP contribution is 2.45. The average Bonchev–Trinajstić information content (AvgIpc) is 2.91. The lowest BCUT2D eigenvalue weighted by atomic mass is 10.1. The number of hydrogen-bond donors (Lipinski definition) is 5. The Kier molecular flexibility index (Phi) is 2.95. The van der Waals surface area contributed by atoms with Crippen LogP contribution >= 0.6 is 0 Å². The summed E-state index contributed by atoms with van der Waals surface area (Å²) < 4.78 is 11.4. The van der Waals surface area contributed by atoms with Gasteiger partial charge in [0.2, 0.25) is 5.58 Å². The van der Waals surface area contributed by atoms with Crippen LogP contribution in [-0.4, -0.2) is 25.5 Å². The Morgan fingerprint density at radius 3 is 2.20 bits per heavy atom. The Morgan fingerprint density at radius 2 is 1.52 bits per heavy atom. The quantitative estimate of drug-likeness (QED) is 0.262. The molecule has 7 nitrogen and oxygen atoms in total. The van der Waals surface area contributed by atoms with Crippen molar-refractivity contribution in [3.63, 3.8) is 0 Å². The molecule has 0 aliphatic rings. The van der Waals surface area contributed by atoms with Gasteiger partial charge in [0.15, 0.2) is 17.2 Å². The minimum atomic E-state index is -0.647. The van der Waals surface area contributed by atoms with E-state index in [0.29, 0.717) is 16.5 Å². The molecule has 0 aliphatic carbocycles. The van der Waals surface area contributed by atoms with Gasteiger partial charge >= 0.3 is 11.3 Å². The number of phenolic OH excluding ortho intramolecular Hbond substituents is 5. The van der Waals surface area contributed by atoms with Gasteiger partial charge in [-0.2, -0.15) is 0 Å². The molecule has 0 unspecified atom stereocenters. The van der Waals surface area contributed by atoms with Gasteiger partial charge in [-0.05, 0) is 13.0 Å². The molecule has 126 valence electrons. The van der Waals surface area contributed by atoms with E-state index in [2.05, 4.69) is 0 Å². The Labute approximate surface area is 140 Å². The lowest BCUT2D eigenvalue weighted by molar-refractivity contribution is 0.368. The average molecular weight is 341 g/mol. The lowest BCUT2D eigenvalue weighted by Gasteiger charge is -2.03. The molecular weight excluding hydrogens is 328 g/mol.